The van der Waals surface area contributed by atoms with E-state index in [9.17, 15) is 13.2 Å². The lowest BCUT2D eigenvalue weighted by molar-refractivity contribution is 0.0600. The van der Waals surface area contributed by atoms with Gasteiger partial charge in [0, 0.05) is 23.5 Å². The molecule has 0 N–H and O–H groups in total. The van der Waals surface area contributed by atoms with Gasteiger partial charge in [0.15, 0.2) is 0 Å². The van der Waals surface area contributed by atoms with E-state index in [1.165, 1.54) is 47.0 Å². The van der Waals surface area contributed by atoms with Gasteiger partial charge < -0.3 is 9.47 Å². The van der Waals surface area contributed by atoms with Crippen molar-refractivity contribution in [3.63, 3.8) is 0 Å². The Morgan fingerprint density at radius 2 is 1.79 bits per heavy atom. The molecule has 8 heteroatoms. The van der Waals surface area contributed by atoms with Gasteiger partial charge in [-0.1, -0.05) is 30.3 Å². The van der Waals surface area contributed by atoms with Crippen LogP contribution in [0.4, 0.5) is 0 Å². The molecule has 0 aliphatic heterocycles. The predicted octanol–water partition coefficient (Wildman–Crippen LogP) is 3.93. The van der Waals surface area contributed by atoms with Crippen LogP contribution < -0.4 is 4.74 Å². The molecular weight excluding hydrogens is 410 g/mol. The van der Waals surface area contributed by atoms with Crippen LogP contribution in [0, 0.1) is 0 Å². The maximum atomic E-state index is 13.5. The molecular formula is C21H21NO5S2. The minimum absolute atomic E-state index is 0.0341. The number of hydrogen-bond acceptors (Lipinski definition) is 6. The van der Waals surface area contributed by atoms with E-state index in [0.29, 0.717) is 5.75 Å². The van der Waals surface area contributed by atoms with E-state index in [4.69, 9.17) is 9.47 Å². The van der Waals surface area contributed by atoms with Crippen LogP contribution >= 0.6 is 11.3 Å². The van der Waals surface area contributed by atoms with E-state index in [0.717, 1.165) is 10.4 Å². The Bertz CT molecular complexity index is 1080. The third kappa shape index (κ3) is 4.84. The molecule has 3 aromatic rings. The molecule has 0 saturated heterocycles. The molecule has 0 unspecified atom stereocenters. The first kappa shape index (κ1) is 21.0. The summed E-state index contributed by atoms with van der Waals surface area (Å²) in [7, 11) is -1.08. The Morgan fingerprint density at radius 3 is 2.48 bits per heavy atom. The summed E-state index contributed by atoms with van der Waals surface area (Å²) in [4.78, 5) is 12.8. The lowest BCUT2D eigenvalue weighted by Gasteiger charge is -2.23. The fraction of sp³-hybridized carbons (Fsp3) is 0.190. The van der Waals surface area contributed by atoms with Crippen molar-refractivity contribution >= 4 is 27.3 Å². The van der Waals surface area contributed by atoms with Gasteiger partial charge in [-0.25, -0.2) is 13.2 Å². The molecule has 1 aromatic heterocycles. The highest BCUT2D eigenvalue weighted by atomic mass is 32.2. The van der Waals surface area contributed by atoms with Crippen molar-refractivity contribution in [3.8, 4) is 5.75 Å². The number of esters is 1. The Morgan fingerprint density at radius 1 is 1.00 bits per heavy atom. The van der Waals surface area contributed by atoms with Crippen molar-refractivity contribution in [1.29, 1.82) is 0 Å². The molecule has 0 radical (unpaired) electrons. The summed E-state index contributed by atoms with van der Waals surface area (Å²) in [5.41, 5.74) is 0.932. The molecule has 6 nitrogen and oxygen atoms in total. The summed E-state index contributed by atoms with van der Waals surface area (Å²) in [6.07, 6.45) is 0. The first-order valence-electron chi connectivity index (χ1n) is 8.78. The fourth-order valence-corrected chi connectivity index (χ4v) is 5.12. The summed E-state index contributed by atoms with van der Waals surface area (Å²) in [6, 6.07) is 16.9. The zero-order valence-corrected chi connectivity index (χ0v) is 17.7. The quantitative estimate of drug-likeness (QED) is 0.505. The summed E-state index contributed by atoms with van der Waals surface area (Å²) in [5.74, 6) is 0.0266. The van der Waals surface area contributed by atoms with Crippen LogP contribution in [0.3, 0.4) is 0 Å². The maximum absolute atomic E-state index is 13.5. The van der Waals surface area contributed by atoms with Crippen molar-refractivity contribution in [2.75, 3.05) is 14.2 Å². The summed E-state index contributed by atoms with van der Waals surface area (Å²) in [5, 5.41) is 1.90. The van der Waals surface area contributed by atoms with Crippen LogP contribution in [0.1, 0.15) is 20.8 Å². The second-order valence-electron chi connectivity index (χ2n) is 6.18. The average molecular weight is 432 g/mol. The average Bonchev–Trinajstić information content (AvgIpc) is 3.26. The van der Waals surface area contributed by atoms with Crippen molar-refractivity contribution in [1.82, 2.24) is 4.31 Å². The summed E-state index contributed by atoms with van der Waals surface area (Å²) in [6.45, 7) is 0.340. The molecule has 0 saturated carbocycles. The maximum Gasteiger partial charge on any atom is 0.337 e. The van der Waals surface area contributed by atoms with E-state index in [-0.39, 0.29) is 23.5 Å². The largest absolute Gasteiger partial charge is 0.496 e. The lowest BCUT2D eigenvalue weighted by atomic mass is 10.2. The second kappa shape index (κ2) is 9.21. The summed E-state index contributed by atoms with van der Waals surface area (Å²) >= 11 is 1.48. The number of hydrogen-bond donors (Lipinski definition) is 0. The van der Waals surface area contributed by atoms with Crippen LogP contribution in [-0.4, -0.2) is 32.9 Å². The molecule has 0 aliphatic carbocycles. The van der Waals surface area contributed by atoms with Crippen LogP contribution in [0.2, 0.25) is 0 Å². The van der Waals surface area contributed by atoms with Crippen LogP contribution in [-0.2, 0) is 27.8 Å². The highest BCUT2D eigenvalue weighted by Gasteiger charge is 2.27. The van der Waals surface area contributed by atoms with Crippen molar-refractivity contribution in [2.45, 2.75) is 18.0 Å². The SMILES string of the molecule is COC(=O)c1cccc(S(=O)(=O)N(Cc2cccs2)Cc2ccccc2OC)c1. The van der Waals surface area contributed by atoms with E-state index in [2.05, 4.69) is 0 Å². The molecule has 0 bridgehead atoms. The van der Waals surface area contributed by atoms with E-state index in [1.54, 1.807) is 13.2 Å². The molecule has 0 fully saturated rings. The van der Waals surface area contributed by atoms with Crippen molar-refractivity contribution < 1.29 is 22.7 Å². The van der Waals surface area contributed by atoms with Gasteiger partial charge >= 0.3 is 5.97 Å². The van der Waals surface area contributed by atoms with Gasteiger partial charge in [0.1, 0.15) is 5.75 Å². The highest BCUT2D eigenvalue weighted by Crippen LogP contribution is 2.27. The molecule has 1 heterocycles. The van der Waals surface area contributed by atoms with Crippen LogP contribution in [0.15, 0.2) is 70.9 Å². The zero-order valence-electron chi connectivity index (χ0n) is 16.1. The molecule has 0 spiro atoms. The first-order valence-corrected chi connectivity index (χ1v) is 11.1. The Labute approximate surface area is 174 Å². The minimum Gasteiger partial charge on any atom is -0.496 e. The monoisotopic (exact) mass is 431 g/mol. The van der Waals surface area contributed by atoms with Gasteiger partial charge in [-0.2, -0.15) is 4.31 Å². The molecule has 0 aliphatic rings. The third-order valence-electron chi connectivity index (χ3n) is 4.34. The number of benzene rings is 2. The normalized spacial score (nSPS) is 11.4. The number of ether oxygens (including phenoxy) is 2. The zero-order chi connectivity index (χ0) is 20.9. The fourth-order valence-electron chi connectivity index (χ4n) is 2.88. The molecule has 0 amide bonds. The third-order valence-corrected chi connectivity index (χ3v) is 6.99. The van der Waals surface area contributed by atoms with Crippen LogP contribution in [0.25, 0.3) is 0 Å². The number of nitrogens with zero attached hydrogens (tertiary/aromatic N) is 1. The van der Waals surface area contributed by atoms with Gasteiger partial charge in [-0.15, -0.1) is 11.3 Å². The van der Waals surface area contributed by atoms with E-state index < -0.39 is 16.0 Å². The predicted molar refractivity (Wildman–Crippen MR) is 112 cm³/mol. The van der Waals surface area contributed by atoms with Gasteiger partial charge in [-0.3, -0.25) is 0 Å². The number of carbonyl (C=O) groups is 1. The van der Waals surface area contributed by atoms with Crippen LogP contribution in [0.5, 0.6) is 5.75 Å². The van der Waals surface area contributed by atoms with Gasteiger partial charge in [0.2, 0.25) is 10.0 Å². The summed E-state index contributed by atoms with van der Waals surface area (Å²) < 4.78 is 38.4. The van der Waals surface area contributed by atoms with Gasteiger partial charge in [0.25, 0.3) is 0 Å². The number of methoxy groups -OCH3 is 2. The van der Waals surface area contributed by atoms with E-state index in [1.807, 2.05) is 35.7 Å². The Kier molecular flexibility index (Phi) is 6.68. The number of carbonyl (C=O) groups excluding carboxylic acids is 1. The topological polar surface area (TPSA) is 72.9 Å². The highest BCUT2D eigenvalue weighted by molar-refractivity contribution is 7.89. The number of para-hydroxylation sites is 1. The number of sulfonamides is 1. The minimum atomic E-state index is -3.89. The molecule has 2 aromatic carbocycles. The second-order valence-corrected chi connectivity index (χ2v) is 9.15. The van der Waals surface area contributed by atoms with Gasteiger partial charge in [0.05, 0.1) is 24.7 Å². The number of thiophene rings is 1. The number of rotatable bonds is 8. The molecule has 152 valence electrons. The van der Waals surface area contributed by atoms with Crippen molar-refractivity contribution in [2.24, 2.45) is 0 Å². The van der Waals surface area contributed by atoms with Gasteiger partial charge in [-0.05, 0) is 35.7 Å². The Hall–Kier alpha value is -2.68. The van der Waals surface area contributed by atoms with Crippen molar-refractivity contribution in [3.05, 3.63) is 82.0 Å². The lowest BCUT2D eigenvalue weighted by Crippen LogP contribution is -2.30. The standard InChI is InChI=1S/C21H21NO5S2/c1-26-20-11-4-3-7-17(20)14-22(15-18-9-6-12-28-18)29(24,25)19-10-5-8-16(13-19)21(23)27-2/h3-13H,14-15H2,1-2H3. The molecule has 3 rings (SSSR count). The van der Waals surface area contributed by atoms with E-state index >= 15 is 0 Å². The molecule has 0 atom stereocenters. The Balaban J connectivity index is 2.01. The smallest absolute Gasteiger partial charge is 0.337 e. The molecule has 29 heavy (non-hydrogen) atoms. The first-order chi connectivity index (χ1) is 14.0.